The Balaban J connectivity index is 1.46. The normalized spacial score (nSPS) is 23.1. The number of carbonyl (C=O) groups is 2. The summed E-state index contributed by atoms with van der Waals surface area (Å²) in [6, 6.07) is 16.4. The second kappa shape index (κ2) is 7.87. The van der Waals surface area contributed by atoms with Crippen molar-refractivity contribution in [1.82, 2.24) is 5.32 Å². The largest absolute Gasteiger partial charge is 0.481 e. The van der Waals surface area contributed by atoms with Gasteiger partial charge in [-0.25, -0.2) is 4.79 Å². The molecule has 0 heterocycles. The van der Waals surface area contributed by atoms with E-state index in [1.54, 1.807) is 0 Å². The highest BCUT2D eigenvalue weighted by atomic mass is 16.5. The molecule has 0 saturated heterocycles. The first-order valence-electron chi connectivity index (χ1n) is 10.1. The van der Waals surface area contributed by atoms with Crippen molar-refractivity contribution in [2.75, 3.05) is 6.61 Å². The van der Waals surface area contributed by atoms with Gasteiger partial charge in [0.05, 0.1) is 12.0 Å². The van der Waals surface area contributed by atoms with Gasteiger partial charge in [0.15, 0.2) is 0 Å². The molecule has 0 aromatic heterocycles. The van der Waals surface area contributed by atoms with Gasteiger partial charge in [-0.1, -0.05) is 48.5 Å². The fourth-order valence-corrected chi connectivity index (χ4v) is 4.68. The topological polar surface area (TPSA) is 102 Å². The molecule has 6 nitrogen and oxygen atoms in total. The highest BCUT2D eigenvalue weighted by molar-refractivity contribution is 5.79. The molecule has 0 atom stereocenters. The summed E-state index contributed by atoms with van der Waals surface area (Å²) in [6.07, 6.45) is 1.79. The van der Waals surface area contributed by atoms with Crippen molar-refractivity contribution in [3.8, 4) is 11.1 Å². The Morgan fingerprint density at radius 3 is 2.14 bits per heavy atom. The van der Waals surface area contributed by atoms with Crippen molar-refractivity contribution in [1.29, 1.82) is 0 Å². The Bertz CT molecular complexity index is 873. The zero-order valence-electron chi connectivity index (χ0n) is 16.3. The van der Waals surface area contributed by atoms with Crippen LogP contribution in [0.3, 0.4) is 0 Å². The number of carboxylic acid groups (broad SMARTS) is 1. The lowest BCUT2D eigenvalue weighted by molar-refractivity contribution is -0.139. The third-order valence-corrected chi connectivity index (χ3v) is 6.19. The van der Waals surface area contributed by atoms with Gasteiger partial charge in [-0.15, -0.1) is 0 Å². The van der Waals surface area contributed by atoms with Crippen LogP contribution in [0.1, 0.15) is 49.1 Å². The molecule has 6 heteroatoms. The summed E-state index contributed by atoms with van der Waals surface area (Å²) >= 11 is 0. The molecule has 0 radical (unpaired) electrons. The van der Waals surface area contributed by atoms with E-state index in [9.17, 15) is 14.7 Å². The van der Waals surface area contributed by atoms with E-state index in [0.29, 0.717) is 25.7 Å². The molecule has 0 aliphatic heterocycles. The first kappa shape index (κ1) is 19.5. The van der Waals surface area contributed by atoms with Gasteiger partial charge in [0.2, 0.25) is 0 Å². The van der Waals surface area contributed by atoms with Crippen LogP contribution in [0.15, 0.2) is 48.5 Å². The van der Waals surface area contributed by atoms with Gasteiger partial charge in [0.25, 0.3) is 0 Å². The van der Waals surface area contributed by atoms with Crippen LogP contribution in [-0.2, 0) is 9.53 Å². The summed E-state index contributed by atoms with van der Waals surface area (Å²) in [4.78, 5) is 24.0. The number of nitrogens with one attached hydrogen (secondary N) is 1. The number of ether oxygens (including phenoxy) is 1. The maximum Gasteiger partial charge on any atom is 0.407 e. The minimum absolute atomic E-state index is 0.0247. The lowest BCUT2D eigenvalue weighted by Crippen LogP contribution is -2.53. The smallest absolute Gasteiger partial charge is 0.407 e. The van der Waals surface area contributed by atoms with Crippen LogP contribution in [0.4, 0.5) is 4.79 Å². The van der Waals surface area contributed by atoms with Crippen molar-refractivity contribution < 1.29 is 19.4 Å². The average molecular weight is 394 g/mol. The lowest BCUT2D eigenvalue weighted by atomic mass is 9.77. The maximum absolute atomic E-state index is 12.6. The second-order valence-corrected chi connectivity index (χ2v) is 8.14. The summed E-state index contributed by atoms with van der Waals surface area (Å²) in [5.74, 6) is -0.956. The highest BCUT2D eigenvalue weighted by Crippen LogP contribution is 2.44. The van der Waals surface area contributed by atoms with Crippen LogP contribution in [0.5, 0.6) is 0 Å². The number of hydrogen-bond acceptors (Lipinski definition) is 4. The van der Waals surface area contributed by atoms with Crippen LogP contribution >= 0.6 is 0 Å². The molecule has 0 bridgehead atoms. The van der Waals surface area contributed by atoms with Crippen molar-refractivity contribution in [2.45, 2.75) is 49.6 Å². The number of rotatable bonds is 5. The first-order chi connectivity index (χ1) is 14.0. The Morgan fingerprint density at radius 1 is 1.03 bits per heavy atom. The molecule has 1 amide bonds. The molecular formula is C23H26N2O4. The predicted octanol–water partition coefficient (Wildman–Crippen LogP) is 3.64. The first-order valence-corrected chi connectivity index (χ1v) is 10.1. The molecule has 29 heavy (non-hydrogen) atoms. The van der Waals surface area contributed by atoms with Gasteiger partial charge in [-0.3, -0.25) is 4.79 Å². The Kier molecular flexibility index (Phi) is 5.28. The van der Waals surface area contributed by atoms with Crippen LogP contribution < -0.4 is 11.1 Å². The lowest BCUT2D eigenvalue weighted by Gasteiger charge is -2.38. The number of carbonyl (C=O) groups excluding carboxylic acids is 1. The van der Waals surface area contributed by atoms with Gasteiger partial charge in [0.1, 0.15) is 6.61 Å². The van der Waals surface area contributed by atoms with E-state index >= 15 is 0 Å². The molecular weight excluding hydrogens is 368 g/mol. The molecule has 2 aliphatic carbocycles. The van der Waals surface area contributed by atoms with Crippen molar-refractivity contribution in [3.05, 3.63) is 59.7 Å². The third-order valence-electron chi connectivity index (χ3n) is 6.19. The second-order valence-electron chi connectivity index (χ2n) is 8.14. The average Bonchev–Trinajstić information content (AvgIpc) is 3.02. The maximum atomic E-state index is 12.6. The SMILES string of the molecule is NC1CCC(CC(=O)O)(NC(=O)OCC2c3ccccc3-c3ccccc32)CC1. The van der Waals surface area contributed by atoms with E-state index in [1.165, 1.54) is 11.1 Å². The van der Waals surface area contributed by atoms with Gasteiger partial charge < -0.3 is 20.9 Å². The van der Waals surface area contributed by atoms with Crippen molar-refractivity contribution >= 4 is 12.1 Å². The van der Waals surface area contributed by atoms with E-state index in [-0.39, 0.29) is 25.0 Å². The van der Waals surface area contributed by atoms with E-state index < -0.39 is 17.6 Å². The minimum Gasteiger partial charge on any atom is -0.481 e. The quantitative estimate of drug-likeness (QED) is 0.719. The molecule has 2 aromatic carbocycles. The monoisotopic (exact) mass is 394 g/mol. The summed E-state index contributed by atoms with van der Waals surface area (Å²) in [5.41, 5.74) is 9.79. The van der Waals surface area contributed by atoms with Crippen LogP contribution in [-0.4, -0.2) is 35.4 Å². The zero-order chi connectivity index (χ0) is 20.4. The Hall–Kier alpha value is -2.86. The standard InChI is InChI=1S/C23H26N2O4/c24-15-9-11-23(12-10-15,13-21(26)27)25-22(28)29-14-20-18-7-3-1-5-16(18)17-6-2-4-8-19(17)20/h1-8,15,20H,9-14,24H2,(H,25,28)(H,26,27). The molecule has 4 N–H and O–H groups in total. The van der Waals surface area contributed by atoms with Crippen molar-refractivity contribution in [2.24, 2.45) is 5.73 Å². The molecule has 0 spiro atoms. The van der Waals surface area contributed by atoms with Crippen LogP contribution in [0, 0.1) is 0 Å². The third kappa shape index (κ3) is 3.98. The Morgan fingerprint density at radius 2 is 1.59 bits per heavy atom. The molecule has 4 rings (SSSR count). The van der Waals surface area contributed by atoms with Gasteiger partial charge in [0, 0.05) is 12.0 Å². The number of fused-ring (bicyclic) bond motifs is 3. The van der Waals surface area contributed by atoms with Gasteiger partial charge in [-0.2, -0.15) is 0 Å². The highest BCUT2D eigenvalue weighted by Gasteiger charge is 2.38. The van der Waals surface area contributed by atoms with Gasteiger partial charge in [-0.05, 0) is 47.9 Å². The number of alkyl carbamates (subject to hydrolysis) is 1. The summed E-state index contributed by atoms with van der Waals surface area (Å²) in [7, 11) is 0. The molecule has 2 aromatic rings. The van der Waals surface area contributed by atoms with Crippen LogP contribution in [0.2, 0.25) is 0 Å². The molecule has 1 fully saturated rings. The molecule has 1 saturated carbocycles. The molecule has 152 valence electrons. The molecule has 0 unspecified atom stereocenters. The fraction of sp³-hybridized carbons (Fsp3) is 0.391. The molecule has 2 aliphatic rings. The number of nitrogens with two attached hydrogens (primary N) is 1. The van der Waals surface area contributed by atoms with Crippen molar-refractivity contribution in [3.63, 3.8) is 0 Å². The van der Waals surface area contributed by atoms with E-state index in [0.717, 1.165) is 11.1 Å². The number of carboxylic acids is 1. The number of benzene rings is 2. The Labute approximate surface area is 170 Å². The summed E-state index contributed by atoms with van der Waals surface area (Å²) in [5, 5.41) is 12.2. The summed E-state index contributed by atoms with van der Waals surface area (Å²) in [6.45, 7) is 0.211. The van der Waals surface area contributed by atoms with Gasteiger partial charge >= 0.3 is 12.1 Å². The van der Waals surface area contributed by atoms with E-state index in [1.807, 2.05) is 24.3 Å². The number of hydrogen-bond donors (Lipinski definition) is 3. The minimum atomic E-state index is -0.931. The van der Waals surface area contributed by atoms with Crippen LogP contribution in [0.25, 0.3) is 11.1 Å². The zero-order valence-corrected chi connectivity index (χ0v) is 16.3. The van der Waals surface area contributed by atoms with E-state index in [4.69, 9.17) is 10.5 Å². The predicted molar refractivity (Wildman–Crippen MR) is 110 cm³/mol. The number of amides is 1. The number of aliphatic carboxylic acids is 1. The summed E-state index contributed by atoms with van der Waals surface area (Å²) < 4.78 is 5.60. The van der Waals surface area contributed by atoms with E-state index in [2.05, 4.69) is 29.6 Å². The fourth-order valence-electron chi connectivity index (χ4n) is 4.68.